The lowest BCUT2D eigenvalue weighted by Crippen LogP contribution is -2.33. The first-order valence-electron chi connectivity index (χ1n) is 7.04. The van der Waals surface area contributed by atoms with Crippen LogP contribution in [0, 0.1) is 5.92 Å². The van der Waals surface area contributed by atoms with Gasteiger partial charge in [-0.3, -0.25) is 9.59 Å². The molecule has 0 radical (unpaired) electrons. The van der Waals surface area contributed by atoms with Crippen molar-refractivity contribution in [3.05, 3.63) is 29.3 Å². The molecule has 1 amide bonds. The highest BCUT2D eigenvalue weighted by Gasteiger charge is 2.30. The highest BCUT2D eigenvalue weighted by molar-refractivity contribution is 5.95. The van der Waals surface area contributed by atoms with Gasteiger partial charge in [0.25, 0.3) is 5.91 Å². The van der Waals surface area contributed by atoms with Gasteiger partial charge in [-0.15, -0.1) is 0 Å². The van der Waals surface area contributed by atoms with E-state index in [1.165, 1.54) is 5.56 Å². The molecule has 5 heteroatoms. The van der Waals surface area contributed by atoms with Gasteiger partial charge in [-0.1, -0.05) is 6.07 Å². The van der Waals surface area contributed by atoms with Crippen LogP contribution in [-0.4, -0.2) is 29.6 Å². The topological polar surface area (TPSA) is 78.4 Å². The van der Waals surface area contributed by atoms with Gasteiger partial charge in [0.1, 0.15) is 0 Å². The normalized spacial score (nSPS) is 24.0. The van der Waals surface area contributed by atoms with Gasteiger partial charge in [0.15, 0.2) is 0 Å². The number of hydrogen-bond donors (Lipinski definition) is 3. The van der Waals surface area contributed by atoms with E-state index in [1.807, 2.05) is 18.2 Å². The molecule has 1 fully saturated rings. The number of hydrogen-bond acceptors (Lipinski definition) is 3. The fraction of sp³-hybridized carbons (Fsp3) is 0.467. The Hall–Kier alpha value is -2.04. The number of nitrogens with one attached hydrogen (secondary N) is 2. The molecule has 0 bridgehead atoms. The fourth-order valence-corrected chi connectivity index (χ4v) is 3.04. The number of carbonyl (C=O) groups excluding carboxylic acids is 1. The largest absolute Gasteiger partial charge is 0.481 e. The molecule has 1 aromatic rings. The third-order valence-corrected chi connectivity index (χ3v) is 4.20. The van der Waals surface area contributed by atoms with Gasteiger partial charge in [-0.05, 0) is 43.4 Å². The molecule has 0 spiro atoms. The first-order chi connectivity index (χ1) is 9.63. The van der Waals surface area contributed by atoms with Crippen molar-refractivity contribution in [1.29, 1.82) is 0 Å². The highest BCUT2D eigenvalue weighted by atomic mass is 16.4. The van der Waals surface area contributed by atoms with Crippen molar-refractivity contribution in [3.63, 3.8) is 0 Å². The van der Waals surface area contributed by atoms with E-state index in [9.17, 15) is 9.59 Å². The van der Waals surface area contributed by atoms with Crippen LogP contribution in [0.15, 0.2) is 18.2 Å². The van der Waals surface area contributed by atoms with E-state index in [2.05, 4.69) is 10.6 Å². The Labute approximate surface area is 117 Å². The van der Waals surface area contributed by atoms with Crippen molar-refractivity contribution >= 4 is 17.6 Å². The third kappa shape index (κ3) is 2.48. The zero-order valence-electron chi connectivity index (χ0n) is 11.2. The van der Waals surface area contributed by atoms with Crippen molar-refractivity contribution in [1.82, 2.24) is 5.32 Å². The lowest BCUT2D eigenvalue weighted by Gasteiger charge is -2.13. The minimum Gasteiger partial charge on any atom is -0.481 e. The molecule has 0 unspecified atom stereocenters. The summed E-state index contributed by atoms with van der Waals surface area (Å²) in [6.07, 6.45) is 2.92. The molecule has 0 saturated heterocycles. The first kappa shape index (κ1) is 13.0. The van der Waals surface area contributed by atoms with E-state index in [-0.39, 0.29) is 17.9 Å². The van der Waals surface area contributed by atoms with Gasteiger partial charge in [-0.2, -0.15) is 0 Å². The van der Waals surface area contributed by atoms with Gasteiger partial charge in [-0.25, -0.2) is 0 Å². The van der Waals surface area contributed by atoms with Crippen molar-refractivity contribution in [2.45, 2.75) is 31.7 Å². The Bertz CT molecular complexity index is 556. The molecule has 106 valence electrons. The van der Waals surface area contributed by atoms with Crippen molar-refractivity contribution < 1.29 is 14.7 Å². The average molecular weight is 274 g/mol. The summed E-state index contributed by atoms with van der Waals surface area (Å²) in [5.74, 6) is -1.19. The standard InChI is InChI=1S/C15H18N2O3/c18-14(17-12-4-3-11(7-12)15(19)20)10-2-1-9-5-6-16-13(9)8-10/h1-2,8,11-12,16H,3-7H2,(H,17,18)(H,19,20)/t11-,12+/m1/s1. The number of rotatable bonds is 3. The van der Waals surface area contributed by atoms with Gasteiger partial charge >= 0.3 is 5.97 Å². The summed E-state index contributed by atoms with van der Waals surface area (Å²) in [5, 5.41) is 15.2. The van der Waals surface area contributed by atoms with Crippen LogP contribution in [0.3, 0.4) is 0 Å². The lowest BCUT2D eigenvalue weighted by atomic mass is 10.1. The number of benzene rings is 1. The number of carboxylic acids is 1. The van der Waals surface area contributed by atoms with E-state index in [1.54, 1.807) is 0 Å². The number of anilines is 1. The second-order valence-corrected chi connectivity index (χ2v) is 5.57. The number of amides is 1. The van der Waals surface area contributed by atoms with E-state index in [0.29, 0.717) is 18.4 Å². The molecule has 1 aromatic carbocycles. The van der Waals surface area contributed by atoms with Crippen LogP contribution in [0.5, 0.6) is 0 Å². The molecule has 2 aliphatic rings. The van der Waals surface area contributed by atoms with Crippen molar-refractivity contribution in [3.8, 4) is 0 Å². The van der Waals surface area contributed by atoms with Crippen LogP contribution >= 0.6 is 0 Å². The SMILES string of the molecule is O=C(N[C@H]1CC[C@@H](C(=O)O)C1)c1ccc2c(c1)NCC2. The Morgan fingerprint density at radius 2 is 2.15 bits per heavy atom. The molecule has 1 aliphatic carbocycles. The zero-order valence-corrected chi connectivity index (χ0v) is 11.2. The summed E-state index contributed by atoms with van der Waals surface area (Å²) in [7, 11) is 0. The smallest absolute Gasteiger partial charge is 0.306 e. The lowest BCUT2D eigenvalue weighted by molar-refractivity contribution is -0.141. The quantitative estimate of drug-likeness (QED) is 0.783. The van der Waals surface area contributed by atoms with E-state index < -0.39 is 5.97 Å². The molecule has 5 nitrogen and oxygen atoms in total. The number of carboxylic acid groups (broad SMARTS) is 1. The fourth-order valence-electron chi connectivity index (χ4n) is 3.04. The molecule has 3 N–H and O–H groups in total. The van der Waals surface area contributed by atoms with E-state index in [0.717, 1.165) is 25.1 Å². The van der Waals surface area contributed by atoms with Crippen LogP contribution in [0.25, 0.3) is 0 Å². The maximum atomic E-state index is 12.2. The number of fused-ring (bicyclic) bond motifs is 1. The van der Waals surface area contributed by atoms with Crippen LogP contribution in [0.1, 0.15) is 35.2 Å². The van der Waals surface area contributed by atoms with E-state index in [4.69, 9.17) is 5.11 Å². The minimum atomic E-state index is -0.761. The molecule has 2 atom stereocenters. The van der Waals surface area contributed by atoms with Crippen LogP contribution in [0.2, 0.25) is 0 Å². The molecule has 1 heterocycles. The predicted molar refractivity (Wildman–Crippen MR) is 74.9 cm³/mol. The Morgan fingerprint density at radius 1 is 1.30 bits per heavy atom. The monoisotopic (exact) mass is 274 g/mol. The summed E-state index contributed by atoms with van der Waals surface area (Å²) in [5.41, 5.74) is 2.91. The molecular weight excluding hydrogens is 256 g/mol. The molecule has 3 rings (SSSR count). The summed E-state index contributed by atoms with van der Waals surface area (Å²) in [4.78, 5) is 23.1. The Kier molecular flexibility index (Phi) is 3.34. The highest BCUT2D eigenvalue weighted by Crippen LogP contribution is 2.27. The van der Waals surface area contributed by atoms with Gasteiger partial charge in [0.2, 0.25) is 0 Å². The summed E-state index contributed by atoms with van der Waals surface area (Å²) in [6, 6.07) is 5.68. The molecule has 0 aromatic heterocycles. The summed E-state index contributed by atoms with van der Waals surface area (Å²) < 4.78 is 0. The van der Waals surface area contributed by atoms with Crippen LogP contribution in [-0.2, 0) is 11.2 Å². The predicted octanol–water partition coefficient (Wildman–Crippen LogP) is 1.64. The maximum Gasteiger partial charge on any atom is 0.306 e. The average Bonchev–Trinajstić information content (AvgIpc) is 3.05. The maximum absolute atomic E-state index is 12.2. The molecule has 1 saturated carbocycles. The number of carbonyl (C=O) groups is 2. The van der Waals surface area contributed by atoms with Crippen LogP contribution in [0.4, 0.5) is 5.69 Å². The number of aliphatic carboxylic acids is 1. The second kappa shape index (κ2) is 5.15. The van der Waals surface area contributed by atoms with Gasteiger partial charge in [0, 0.05) is 23.8 Å². The third-order valence-electron chi connectivity index (χ3n) is 4.20. The summed E-state index contributed by atoms with van der Waals surface area (Å²) >= 11 is 0. The van der Waals surface area contributed by atoms with Gasteiger partial charge < -0.3 is 15.7 Å². The van der Waals surface area contributed by atoms with Gasteiger partial charge in [0.05, 0.1) is 5.92 Å². The Balaban J connectivity index is 1.64. The van der Waals surface area contributed by atoms with Crippen LogP contribution < -0.4 is 10.6 Å². The minimum absolute atomic E-state index is 0.0233. The summed E-state index contributed by atoms with van der Waals surface area (Å²) in [6.45, 7) is 0.920. The second-order valence-electron chi connectivity index (χ2n) is 5.57. The zero-order chi connectivity index (χ0) is 14.1. The molecular formula is C15H18N2O3. The van der Waals surface area contributed by atoms with Crippen molar-refractivity contribution in [2.24, 2.45) is 5.92 Å². The Morgan fingerprint density at radius 3 is 2.90 bits per heavy atom. The van der Waals surface area contributed by atoms with E-state index >= 15 is 0 Å². The molecule has 1 aliphatic heterocycles. The molecule has 20 heavy (non-hydrogen) atoms. The van der Waals surface area contributed by atoms with Crippen molar-refractivity contribution in [2.75, 3.05) is 11.9 Å². The first-order valence-corrected chi connectivity index (χ1v) is 7.04.